The number of benzene rings is 3. The van der Waals surface area contributed by atoms with E-state index in [0.29, 0.717) is 20.9 Å². The van der Waals surface area contributed by atoms with Gasteiger partial charge in [-0.2, -0.15) is 9.78 Å². The molecule has 0 unspecified atom stereocenters. The average Bonchev–Trinajstić information content (AvgIpc) is 2.87. The van der Waals surface area contributed by atoms with Crippen molar-refractivity contribution in [1.82, 2.24) is 9.66 Å². The molecule has 0 saturated carbocycles. The summed E-state index contributed by atoms with van der Waals surface area (Å²) in [5.74, 6) is -0.587. The highest BCUT2D eigenvalue weighted by Crippen LogP contribution is 2.34. The minimum atomic E-state index is -0.682. The first-order valence-corrected chi connectivity index (χ1v) is 11.6. The van der Waals surface area contributed by atoms with Crippen LogP contribution in [0.4, 0.5) is 5.69 Å². The van der Waals surface area contributed by atoms with Crippen LogP contribution in [0.2, 0.25) is 0 Å². The summed E-state index contributed by atoms with van der Waals surface area (Å²) in [4.78, 5) is 40.8. The van der Waals surface area contributed by atoms with E-state index in [-0.39, 0.29) is 29.4 Å². The van der Waals surface area contributed by atoms with Crippen LogP contribution in [0.5, 0.6) is 5.75 Å². The number of carbonyl (C=O) groups excluding carboxylic acids is 1. The van der Waals surface area contributed by atoms with Crippen molar-refractivity contribution in [3.8, 4) is 17.1 Å². The van der Waals surface area contributed by atoms with Gasteiger partial charge in [0.2, 0.25) is 5.75 Å². The Morgan fingerprint density at radius 3 is 2.61 bits per heavy atom. The summed E-state index contributed by atoms with van der Waals surface area (Å²) in [5, 5.41) is 16.4. The number of hydrogen-bond donors (Lipinski definition) is 0. The smallest absolute Gasteiger partial charge is 0.344 e. The molecule has 0 fully saturated rings. The standard InChI is InChI=1S/C25H19BrN4O6/c1-2-35-22(31)15-36-23-17(12-18(26)13-21(23)30(33)34)14-27-29-24(16-8-4-3-5-9-16)28-20-11-7-6-10-19(20)25(29)32/h3-14H,2,15H2,1H3. The van der Waals surface area contributed by atoms with E-state index in [1.807, 2.05) is 18.2 Å². The summed E-state index contributed by atoms with van der Waals surface area (Å²) in [6, 6.07) is 18.7. The van der Waals surface area contributed by atoms with E-state index in [2.05, 4.69) is 26.0 Å². The van der Waals surface area contributed by atoms with Crippen LogP contribution < -0.4 is 10.3 Å². The summed E-state index contributed by atoms with van der Waals surface area (Å²) < 4.78 is 11.8. The molecule has 0 amide bonds. The fourth-order valence-electron chi connectivity index (χ4n) is 3.45. The van der Waals surface area contributed by atoms with Gasteiger partial charge in [0.1, 0.15) is 0 Å². The molecule has 0 aliphatic rings. The Labute approximate surface area is 213 Å². The summed E-state index contributed by atoms with van der Waals surface area (Å²) in [6.45, 7) is 1.24. The molecule has 0 N–H and O–H groups in total. The number of esters is 1. The number of ether oxygens (including phenoxy) is 2. The zero-order chi connectivity index (χ0) is 25.7. The molecular formula is C25H19BrN4O6. The van der Waals surface area contributed by atoms with Crippen LogP contribution in [0.15, 0.2) is 81.1 Å². The molecule has 4 rings (SSSR count). The Kier molecular flexibility index (Phi) is 7.50. The fourth-order valence-corrected chi connectivity index (χ4v) is 3.91. The van der Waals surface area contributed by atoms with Crippen LogP contribution in [-0.2, 0) is 9.53 Å². The van der Waals surface area contributed by atoms with Crippen LogP contribution in [0.3, 0.4) is 0 Å². The van der Waals surface area contributed by atoms with E-state index >= 15 is 0 Å². The van der Waals surface area contributed by atoms with Gasteiger partial charge in [0.25, 0.3) is 5.56 Å². The van der Waals surface area contributed by atoms with Gasteiger partial charge >= 0.3 is 11.7 Å². The second-order valence-corrected chi connectivity index (χ2v) is 8.29. The van der Waals surface area contributed by atoms with E-state index in [1.165, 1.54) is 18.3 Å². The van der Waals surface area contributed by atoms with Gasteiger partial charge in [0, 0.05) is 21.7 Å². The molecule has 182 valence electrons. The van der Waals surface area contributed by atoms with Gasteiger partial charge in [0.15, 0.2) is 12.4 Å². The largest absolute Gasteiger partial charge is 0.474 e. The van der Waals surface area contributed by atoms with Crippen LogP contribution in [0.1, 0.15) is 12.5 Å². The van der Waals surface area contributed by atoms with Crippen LogP contribution in [0.25, 0.3) is 22.3 Å². The van der Waals surface area contributed by atoms with Crippen molar-refractivity contribution in [2.75, 3.05) is 13.2 Å². The Morgan fingerprint density at radius 1 is 1.17 bits per heavy atom. The van der Waals surface area contributed by atoms with Crippen LogP contribution in [0, 0.1) is 10.1 Å². The van der Waals surface area contributed by atoms with Gasteiger partial charge < -0.3 is 9.47 Å². The van der Waals surface area contributed by atoms with Gasteiger partial charge in [-0.05, 0) is 25.1 Å². The van der Waals surface area contributed by atoms with Crippen molar-refractivity contribution < 1.29 is 19.2 Å². The molecule has 10 nitrogen and oxygen atoms in total. The van der Waals surface area contributed by atoms with Gasteiger partial charge in [-0.1, -0.05) is 58.4 Å². The third kappa shape index (κ3) is 5.31. The third-order valence-corrected chi connectivity index (χ3v) is 5.46. The SMILES string of the molecule is CCOC(=O)COc1c(C=Nn2c(-c3ccccc3)nc3ccccc3c2=O)cc(Br)cc1[N+](=O)[O-]. The molecule has 36 heavy (non-hydrogen) atoms. The van der Waals surface area contributed by atoms with Gasteiger partial charge in [-0.3, -0.25) is 14.9 Å². The molecule has 1 heterocycles. The summed E-state index contributed by atoms with van der Waals surface area (Å²) in [6.07, 6.45) is 1.25. The first kappa shape index (κ1) is 24.7. The number of nitro benzene ring substituents is 1. The molecule has 0 atom stereocenters. The number of hydrogen-bond acceptors (Lipinski definition) is 8. The number of para-hydroxylation sites is 1. The lowest BCUT2D eigenvalue weighted by Gasteiger charge is -2.11. The minimum Gasteiger partial charge on any atom is -0.474 e. The highest BCUT2D eigenvalue weighted by molar-refractivity contribution is 9.10. The number of carbonyl (C=O) groups is 1. The van der Waals surface area contributed by atoms with Crippen molar-refractivity contribution in [3.63, 3.8) is 0 Å². The Morgan fingerprint density at radius 2 is 1.89 bits per heavy atom. The van der Waals surface area contributed by atoms with Crippen molar-refractivity contribution in [2.45, 2.75) is 6.92 Å². The third-order valence-electron chi connectivity index (χ3n) is 5.00. The Hall–Kier alpha value is -4.38. The maximum Gasteiger partial charge on any atom is 0.344 e. The van der Waals surface area contributed by atoms with E-state index < -0.39 is 23.1 Å². The normalized spacial score (nSPS) is 11.1. The molecule has 0 spiro atoms. The average molecular weight is 551 g/mol. The second-order valence-electron chi connectivity index (χ2n) is 7.37. The molecule has 0 aliphatic heterocycles. The molecule has 1 aromatic heterocycles. The summed E-state index contributed by atoms with van der Waals surface area (Å²) in [7, 11) is 0. The lowest BCUT2D eigenvalue weighted by Crippen LogP contribution is -2.20. The highest BCUT2D eigenvalue weighted by atomic mass is 79.9. The first-order chi connectivity index (χ1) is 17.4. The van der Waals surface area contributed by atoms with Crippen LogP contribution in [-0.4, -0.2) is 40.0 Å². The number of fused-ring (bicyclic) bond motifs is 1. The number of nitro groups is 1. The molecule has 3 aromatic carbocycles. The van der Waals surface area contributed by atoms with Crippen molar-refractivity contribution in [3.05, 3.63) is 97.2 Å². The van der Waals surface area contributed by atoms with Gasteiger partial charge in [0.05, 0.1) is 28.6 Å². The molecule has 0 radical (unpaired) electrons. The maximum atomic E-state index is 13.4. The molecule has 11 heteroatoms. The molecule has 0 aliphatic carbocycles. The van der Waals surface area contributed by atoms with E-state index in [1.54, 1.807) is 43.3 Å². The van der Waals surface area contributed by atoms with Crippen molar-refractivity contribution in [2.24, 2.45) is 5.10 Å². The predicted octanol–water partition coefficient (Wildman–Crippen LogP) is 4.56. The minimum absolute atomic E-state index is 0.138. The number of aromatic nitrogens is 2. The first-order valence-electron chi connectivity index (χ1n) is 10.8. The monoisotopic (exact) mass is 550 g/mol. The lowest BCUT2D eigenvalue weighted by molar-refractivity contribution is -0.385. The second kappa shape index (κ2) is 10.9. The number of nitrogens with zero attached hydrogens (tertiary/aromatic N) is 4. The maximum absolute atomic E-state index is 13.4. The Bertz CT molecular complexity index is 1540. The van der Waals surface area contributed by atoms with Crippen molar-refractivity contribution in [1.29, 1.82) is 0 Å². The quantitative estimate of drug-likeness (QED) is 0.136. The summed E-state index contributed by atoms with van der Waals surface area (Å²) in [5.41, 5.74) is 0.511. The zero-order valence-corrected chi connectivity index (χ0v) is 20.5. The highest BCUT2D eigenvalue weighted by Gasteiger charge is 2.22. The van der Waals surface area contributed by atoms with E-state index in [0.717, 1.165) is 4.68 Å². The molecular weight excluding hydrogens is 532 g/mol. The molecule has 4 aromatic rings. The number of rotatable bonds is 8. The topological polar surface area (TPSA) is 126 Å². The Balaban J connectivity index is 1.87. The lowest BCUT2D eigenvalue weighted by atomic mass is 10.2. The summed E-state index contributed by atoms with van der Waals surface area (Å²) >= 11 is 3.25. The fraction of sp³-hybridized carbons (Fsp3) is 0.120. The molecule has 0 saturated heterocycles. The van der Waals surface area contributed by atoms with E-state index in [9.17, 15) is 19.7 Å². The van der Waals surface area contributed by atoms with Crippen molar-refractivity contribution >= 4 is 44.7 Å². The zero-order valence-electron chi connectivity index (χ0n) is 19.0. The van der Waals surface area contributed by atoms with E-state index in [4.69, 9.17) is 9.47 Å². The molecule has 0 bridgehead atoms. The number of halogens is 1. The van der Waals surface area contributed by atoms with Crippen LogP contribution >= 0.6 is 15.9 Å². The van der Waals surface area contributed by atoms with Gasteiger partial charge in [-0.15, -0.1) is 0 Å². The predicted molar refractivity (Wildman–Crippen MR) is 137 cm³/mol. The van der Waals surface area contributed by atoms with Gasteiger partial charge in [-0.25, -0.2) is 9.78 Å².